The molecule has 3 heteroatoms. The van der Waals surface area contributed by atoms with Gasteiger partial charge in [-0.3, -0.25) is 4.90 Å². The summed E-state index contributed by atoms with van der Waals surface area (Å²) in [5, 5.41) is 3.54. The second kappa shape index (κ2) is 8.54. The van der Waals surface area contributed by atoms with Crippen LogP contribution in [0.5, 0.6) is 5.75 Å². The van der Waals surface area contributed by atoms with Gasteiger partial charge in [0.05, 0.1) is 7.11 Å². The molecule has 3 nitrogen and oxygen atoms in total. The minimum Gasteiger partial charge on any atom is -0.496 e. The van der Waals surface area contributed by atoms with Gasteiger partial charge in [-0.25, -0.2) is 0 Å². The molecule has 2 rings (SSSR count). The third kappa shape index (κ3) is 4.99. The fourth-order valence-corrected chi connectivity index (χ4v) is 2.94. The molecular weight excluding hydrogens is 272 g/mol. The average Bonchev–Trinajstić information content (AvgIpc) is 2.55. The van der Waals surface area contributed by atoms with Crippen LogP contribution < -0.4 is 10.1 Å². The maximum atomic E-state index is 5.60. The van der Waals surface area contributed by atoms with E-state index in [1.54, 1.807) is 7.11 Å². The molecule has 0 spiro atoms. The number of nitrogens with one attached hydrogen (secondary N) is 1. The molecule has 22 heavy (non-hydrogen) atoms. The van der Waals surface area contributed by atoms with Gasteiger partial charge in [0.25, 0.3) is 0 Å². The molecule has 1 fully saturated rings. The van der Waals surface area contributed by atoms with E-state index in [0.717, 1.165) is 31.2 Å². The molecule has 1 N–H and O–H groups in total. The molecule has 0 amide bonds. The van der Waals surface area contributed by atoms with Crippen LogP contribution in [-0.4, -0.2) is 31.1 Å². The van der Waals surface area contributed by atoms with Gasteiger partial charge in [0.2, 0.25) is 0 Å². The number of nitrogens with zero attached hydrogens (tertiary/aromatic N) is 1. The average molecular weight is 304 g/mol. The maximum Gasteiger partial charge on any atom is 0.123 e. The van der Waals surface area contributed by atoms with Gasteiger partial charge in [-0.05, 0) is 56.8 Å². The zero-order chi connectivity index (χ0) is 15.9. The minimum absolute atomic E-state index is 0.541. The van der Waals surface area contributed by atoms with Crippen molar-refractivity contribution >= 4 is 0 Å². The molecule has 0 bridgehead atoms. The third-order valence-electron chi connectivity index (χ3n) is 4.89. The van der Waals surface area contributed by atoms with E-state index < -0.39 is 0 Å². The minimum atomic E-state index is 0.541. The Bertz CT molecular complexity index is 453. The highest BCUT2D eigenvalue weighted by atomic mass is 16.5. The molecule has 1 aliphatic rings. The molecule has 1 aliphatic heterocycles. The lowest BCUT2D eigenvalue weighted by molar-refractivity contribution is 0.185. The summed E-state index contributed by atoms with van der Waals surface area (Å²) >= 11 is 0. The number of methoxy groups -OCH3 is 1. The Kier molecular flexibility index (Phi) is 6.71. The van der Waals surface area contributed by atoms with E-state index in [4.69, 9.17) is 4.74 Å². The Labute approximate surface area is 136 Å². The first-order chi connectivity index (χ1) is 10.6. The number of rotatable bonds is 7. The Morgan fingerprint density at radius 1 is 1.32 bits per heavy atom. The maximum absolute atomic E-state index is 5.60. The summed E-state index contributed by atoms with van der Waals surface area (Å²) in [6.07, 6.45) is 3.80. The molecule has 0 aromatic heterocycles. The first-order valence-corrected chi connectivity index (χ1v) is 8.73. The van der Waals surface area contributed by atoms with Crippen LogP contribution in [0.1, 0.15) is 51.2 Å². The van der Waals surface area contributed by atoms with Crippen LogP contribution in [0.15, 0.2) is 18.2 Å². The Morgan fingerprint density at radius 2 is 2.05 bits per heavy atom. The third-order valence-corrected chi connectivity index (χ3v) is 4.89. The van der Waals surface area contributed by atoms with Gasteiger partial charge in [-0.15, -0.1) is 0 Å². The molecule has 124 valence electrons. The van der Waals surface area contributed by atoms with Crippen molar-refractivity contribution < 1.29 is 4.74 Å². The lowest BCUT2D eigenvalue weighted by atomic mass is 9.98. The van der Waals surface area contributed by atoms with E-state index in [1.165, 1.54) is 37.1 Å². The number of piperidine rings is 1. The van der Waals surface area contributed by atoms with Crippen molar-refractivity contribution in [2.45, 2.75) is 59.2 Å². The molecule has 0 saturated carbocycles. The van der Waals surface area contributed by atoms with Crippen LogP contribution in [0.4, 0.5) is 0 Å². The summed E-state index contributed by atoms with van der Waals surface area (Å²) in [5.74, 6) is 1.90. The van der Waals surface area contributed by atoms with Crippen molar-refractivity contribution in [2.75, 3.05) is 20.2 Å². The van der Waals surface area contributed by atoms with E-state index in [9.17, 15) is 0 Å². The molecular formula is C19H32N2O. The van der Waals surface area contributed by atoms with Crippen LogP contribution in [0, 0.1) is 5.92 Å². The number of likely N-dealkylation sites (tertiary alicyclic amines) is 1. The van der Waals surface area contributed by atoms with Gasteiger partial charge in [0, 0.05) is 24.7 Å². The predicted molar refractivity (Wildman–Crippen MR) is 93.3 cm³/mol. The van der Waals surface area contributed by atoms with Crippen LogP contribution in [0.25, 0.3) is 0 Å². The van der Waals surface area contributed by atoms with Crippen molar-refractivity contribution in [3.05, 3.63) is 29.3 Å². The molecule has 1 aromatic rings. The summed E-state index contributed by atoms with van der Waals surface area (Å²) < 4.78 is 5.60. The first-order valence-electron chi connectivity index (χ1n) is 8.73. The highest BCUT2D eigenvalue weighted by molar-refractivity contribution is 5.37. The Morgan fingerprint density at radius 3 is 2.68 bits per heavy atom. The SMILES string of the molecule is CCC(C)NCc1ccc(CN2CCC(C)CC2)cc1OC. The van der Waals surface area contributed by atoms with Crippen LogP contribution in [0.2, 0.25) is 0 Å². The number of hydrogen-bond acceptors (Lipinski definition) is 3. The second-order valence-corrected chi connectivity index (χ2v) is 6.80. The van der Waals surface area contributed by atoms with E-state index in [1.807, 2.05) is 0 Å². The van der Waals surface area contributed by atoms with Gasteiger partial charge in [-0.2, -0.15) is 0 Å². The topological polar surface area (TPSA) is 24.5 Å². The summed E-state index contributed by atoms with van der Waals surface area (Å²) in [6, 6.07) is 7.23. The van der Waals surface area contributed by atoms with Crippen molar-refractivity contribution in [1.29, 1.82) is 0 Å². The van der Waals surface area contributed by atoms with E-state index in [-0.39, 0.29) is 0 Å². The van der Waals surface area contributed by atoms with Gasteiger partial charge in [0.1, 0.15) is 5.75 Å². The predicted octanol–water partition coefficient (Wildman–Crippen LogP) is 3.82. The quantitative estimate of drug-likeness (QED) is 0.829. The fourth-order valence-electron chi connectivity index (χ4n) is 2.94. The highest BCUT2D eigenvalue weighted by Crippen LogP contribution is 2.23. The lowest BCUT2D eigenvalue weighted by Gasteiger charge is -2.30. The molecule has 1 saturated heterocycles. The molecule has 0 radical (unpaired) electrons. The van der Waals surface area contributed by atoms with E-state index in [0.29, 0.717) is 6.04 Å². The summed E-state index contributed by atoms with van der Waals surface area (Å²) in [4.78, 5) is 2.56. The summed E-state index contributed by atoms with van der Waals surface area (Å²) in [6.45, 7) is 11.2. The zero-order valence-electron chi connectivity index (χ0n) is 14.7. The standard InChI is InChI=1S/C19H32N2O/c1-5-16(3)20-13-18-7-6-17(12-19(18)22-4)14-21-10-8-15(2)9-11-21/h6-7,12,15-16,20H,5,8-11,13-14H2,1-4H3. The number of benzene rings is 1. The van der Waals surface area contributed by atoms with Crippen molar-refractivity contribution in [2.24, 2.45) is 5.92 Å². The second-order valence-electron chi connectivity index (χ2n) is 6.80. The number of ether oxygens (including phenoxy) is 1. The molecule has 1 atom stereocenters. The first kappa shape index (κ1) is 17.3. The monoisotopic (exact) mass is 304 g/mol. The van der Waals surface area contributed by atoms with Crippen LogP contribution >= 0.6 is 0 Å². The van der Waals surface area contributed by atoms with Crippen LogP contribution in [-0.2, 0) is 13.1 Å². The summed E-state index contributed by atoms with van der Waals surface area (Å²) in [7, 11) is 1.77. The van der Waals surface area contributed by atoms with Crippen LogP contribution in [0.3, 0.4) is 0 Å². The largest absolute Gasteiger partial charge is 0.496 e. The molecule has 1 aromatic carbocycles. The molecule has 0 aliphatic carbocycles. The van der Waals surface area contributed by atoms with Crippen molar-refractivity contribution in [3.8, 4) is 5.75 Å². The van der Waals surface area contributed by atoms with Gasteiger partial charge < -0.3 is 10.1 Å². The number of hydrogen-bond donors (Lipinski definition) is 1. The fraction of sp³-hybridized carbons (Fsp3) is 0.684. The zero-order valence-corrected chi connectivity index (χ0v) is 14.7. The van der Waals surface area contributed by atoms with Gasteiger partial charge in [-0.1, -0.05) is 26.0 Å². The van der Waals surface area contributed by atoms with Gasteiger partial charge >= 0.3 is 0 Å². The molecule has 1 unspecified atom stereocenters. The van der Waals surface area contributed by atoms with E-state index >= 15 is 0 Å². The highest BCUT2D eigenvalue weighted by Gasteiger charge is 2.16. The molecule has 1 heterocycles. The Balaban J connectivity index is 1.96. The van der Waals surface area contributed by atoms with Crippen molar-refractivity contribution in [1.82, 2.24) is 10.2 Å². The van der Waals surface area contributed by atoms with Crippen molar-refractivity contribution in [3.63, 3.8) is 0 Å². The Hall–Kier alpha value is -1.06. The van der Waals surface area contributed by atoms with Gasteiger partial charge in [0.15, 0.2) is 0 Å². The summed E-state index contributed by atoms with van der Waals surface area (Å²) in [5.41, 5.74) is 2.61. The lowest BCUT2D eigenvalue weighted by Crippen LogP contribution is -2.32. The normalized spacial score (nSPS) is 18.4. The van der Waals surface area contributed by atoms with E-state index in [2.05, 4.69) is 49.2 Å². The smallest absolute Gasteiger partial charge is 0.123 e.